The number of hydrogen-bond donors (Lipinski definition) is 1. The van der Waals surface area contributed by atoms with Crippen LogP contribution in [-0.2, 0) is 20.0 Å². The summed E-state index contributed by atoms with van der Waals surface area (Å²) < 4.78 is 58.7. The number of aryl methyl sites for hydroxylation is 1. The van der Waals surface area contributed by atoms with Crippen LogP contribution in [0.15, 0.2) is 75.2 Å². The lowest BCUT2D eigenvalue weighted by Crippen LogP contribution is -2.26. The van der Waals surface area contributed by atoms with Crippen LogP contribution in [0.25, 0.3) is 0 Å². The number of anilines is 2. The molecule has 3 rings (SSSR count). The second-order valence-electron chi connectivity index (χ2n) is 5.71. The molecule has 0 aliphatic carbocycles. The highest BCUT2D eigenvalue weighted by molar-refractivity contribution is 7.93. The maximum absolute atomic E-state index is 12.9. The van der Waals surface area contributed by atoms with Gasteiger partial charge in [-0.3, -0.25) is 9.03 Å². The molecule has 1 heterocycles. The van der Waals surface area contributed by atoms with Gasteiger partial charge in [0.2, 0.25) is 0 Å². The molecule has 8 nitrogen and oxygen atoms in total. The minimum Gasteiger partial charge on any atom is -0.363 e. The Hall–Kier alpha value is -2.85. The number of aromatic nitrogens is 1. The van der Waals surface area contributed by atoms with Crippen molar-refractivity contribution in [1.29, 1.82) is 0 Å². The summed E-state index contributed by atoms with van der Waals surface area (Å²) in [5.41, 5.74) is 0.803. The Bertz CT molecular complexity index is 1160. The van der Waals surface area contributed by atoms with Crippen LogP contribution in [0.3, 0.4) is 0 Å². The molecule has 27 heavy (non-hydrogen) atoms. The van der Waals surface area contributed by atoms with E-state index >= 15 is 0 Å². The summed E-state index contributed by atoms with van der Waals surface area (Å²) in [5, 5.41) is 3.54. The number of nitrogens with zero attached hydrogens (tertiary/aromatic N) is 2. The molecule has 0 atom stereocenters. The summed E-state index contributed by atoms with van der Waals surface area (Å²) in [7, 11) is -6.38. The Labute approximate surface area is 157 Å². The molecule has 0 aliphatic rings. The van der Waals surface area contributed by atoms with Crippen LogP contribution < -0.4 is 9.03 Å². The van der Waals surface area contributed by atoms with Crippen molar-refractivity contribution in [3.8, 4) is 0 Å². The lowest BCUT2D eigenvalue weighted by atomic mass is 10.3. The average Bonchev–Trinajstić information content (AvgIpc) is 3.08. The summed E-state index contributed by atoms with van der Waals surface area (Å²) >= 11 is 0. The van der Waals surface area contributed by atoms with Crippen molar-refractivity contribution < 1.29 is 21.4 Å². The highest BCUT2D eigenvalue weighted by Gasteiger charge is 2.24. The fourth-order valence-corrected chi connectivity index (χ4v) is 4.79. The quantitative estimate of drug-likeness (QED) is 0.673. The van der Waals surface area contributed by atoms with E-state index in [4.69, 9.17) is 0 Å². The first-order chi connectivity index (χ1) is 12.7. The zero-order valence-electron chi connectivity index (χ0n) is 14.5. The van der Waals surface area contributed by atoms with Crippen LogP contribution in [0.4, 0.5) is 11.4 Å². The van der Waals surface area contributed by atoms with E-state index in [2.05, 4.69) is 14.4 Å². The van der Waals surface area contributed by atoms with Gasteiger partial charge in [-0.2, -0.15) is 0 Å². The van der Waals surface area contributed by atoms with E-state index in [9.17, 15) is 16.8 Å². The first kappa shape index (κ1) is 18.9. The molecule has 3 aromatic rings. The summed E-state index contributed by atoms with van der Waals surface area (Å²) in [6.45, 7) is 1.49. The smallest absolute Gasteiger partial charge is 0.267 e. The van der Waals surface area contributed by atoms with Crippen molar-refractivity contribution in [2.75, 3.05) is 16.1 Å². The molecule has 0 amide bonds. The highest BCUT2D eigenvalue weighted by atomic mass is 32.2. The van der Waals surface area contributed by atoms with Crippen molar-refractivity contribution >= 4 is 31.4 Å². The predicted molar refractivity (Wildman–Crippen MR) is 101 cm³/mol. The first-order valence-electron chi connectivity index (χ1n) is 7.80. The van der Waals surface area contributed by atoms with Crippen LogP contribution in [0.2, 0.25) is 0 Å². The third-order valence-electron chi connectivity index (χ3n) is 3.86. The molecule has 0 radical (unpaired) electrons. The normalized spacial score (nSPS) is 11.9. The summed E-state index contributed by atoms with van der Waals surface area (Å²) in [4.78, 5) is -0.159. The van der Waals surface area contributed by atoms with Crippen molar-refractivity contribution in [2.45, 2.75) is 16.7 Å². The Morgan fingerprint density at radius 3 is 2.33 bits per heavy atom. The van der Waals surface area contributed by atoms with E-state index in [0.717, 1.165) is 10.6 Å². The summed E-state index contributed by atoms with van der Waals surface area (Å²) in [6, 6.07) is 14.2. The zero-order valence-corrected chi connectivity index (χ0v) is 16.2. The van der Waals surface area contributed by atoms with Crippen molar-refractivity contribution in [1.82, 2.24) is 5.16 Å². The molecule has 1 aromatic heterocycles. The minimum absolute atomic E-state index is 0.0453. The Morgan fingerprint density at radius 2 is 1.70 bits per heavy atom. The van der Waals surface area contributed by atoms with E-state index in [1.807, 2.05) is 0 Å². The molecule has 0 spiro atoms. The van der Waals surface area contributed by atoms with Gasteiger partial charge < -0.3 is 4.52 Å². The SMILES string of the molecule is Cc1nocc1S(=O)(=O)Nc1cccc(S(=O)(=O)N(C)c2ccccc2)c1. The Balaban J connectivity index is 1.93. The van der Waals surface area contributed by atoms with Crippen LogP contribution in [0.1, 0.15) is 5.69 Å². The molecule has 0 fully saturated rings. The predicted octanol–water partition coefficient (Wildman–Crippen LogP) is 2.61. The van der Waals surface area contributed by atoms with E-state index in [0.29, 0.717) is 5.69 Å². The number of hydrogen-bond acceptors (Lipinski definition) is 6. The average molecular weight is 407 g/mol. The Kier molecular flexibility index (Phi) is 4.94. The van der Waals surface area contributed by atoms with Gasteiger partial charge >= 0.3 is 0 Å². The molecule has 0 unspecified atom stereocenters. The molecule has 0 saturated heterocycles. The number of para-hydroxylation sites is 1. The highest BCUT2D eigenvalue weighted by Crippen LogP contribution is 2.25. The molecule has 10 heteroatoms. The lowest BCUT2D eigenvalue weighted by molar-refractivity contribution is 0.413. The van der Waals surface area contributed by atoms with E-state index in [-0.39, 0.29) is 21.2 Å². The molecular weight excluding hydrogens is 390 g/mol. The van der Waals surface area contributed by atoms with E-state index in [1.165, 1.54) is 38.2 Å². The van der Waals surface area contributed by atoms with Gasteiger partial charge in [0.15, 0.2) is 0 Å². The van der Waals surface area contributed by atoms with Crippen LogP contribution in [0, 0.1) is 6.92 Å². The first-order valence-corrected chi connectivity index (χ1v) is 10.7. The third-order valence-corrected chi connectivity index (χ3v) is 7.12. The topological polar surface area (TPSA) is 110 Å². The van der Waals surface area contributed by atoms with E-state index < -0.39 is 20.0 Å². The van der Waals surface area contributed by atoms with Gasteiger partial charge in [-0.25, -0.2) is 16.8 Å². The molecule has 142 valence electrons. The second-order valence-corrected chi connectivity index (χ2v) is 9.33. The maximum Gasteiger partial charge on any atom is 0.267 e. The van der Waals surface area contributed by atoms with Gasteiger partial charge in [-0.1, -0.05) is 29.4 Å². The maximum atomic E-state index is 12.9. The molecule has 0 saturated carbocycles. The fourth-order valence-electron chi connectivity index (χ4n) is 2.41. The van der Waals surface area contributed by atoms with Gasteiger partial charge in [0.05, 0.1) is 16.3 Å². The molecular formula is C17H17N3O5S2. The molecule has 2 aromatic carbocycles. The van der Waals surface area contributed by atoms with Crippen LogP contribution in [-0.4, -0.2) is 29.0 Å². The van der Waals surface area contributed by atoms with Crippen molar-refractivity contribution in [2.24, 2.45) is 0 Å². The van der Waals surface area contributed by atoms with Crippen molar-refractivity contribution in [3.05, 3.63) is 66.6 Å². The van der Waals surface area contributed by atoms with Gasteiger partial charge in [0, 0.05) is 7.05 Å². The monoisotopic (exact) mass is 407 g/mol. The molecule has 1 N–H and O–H groups in total. The number of sulfonamides is 2. The lowest BCUT2D eigenvalue weighted by Gasteiger charge is -2.20. The number of nitrogens with one attached hydrogen (secondary N) is 1. The van der Waals surface area contributed by atoms with Crippen molar-refractivity contribution in [3.63, 3.8) is 0 Å². The summed E-state index contributed by atoms with van der Waals surface area (Å²) in [6.07, 6.45) is 1.02. The largest absolute Gasteiger partial charge is 0.363 e. The van der Waals surface area contributed by atoms with E-state index in [1.54, 1.807) is 30.3 Å². The van der Waals surface area contributed by atoms with Crippen LogP contribution >= 0.6 is 0 Å². The van der Waals surface area contributed by atoms with Gasteiger partial charge in [0.25, 0.3) is 20.0 Å². The standard InChI is InChI=1S/C17H17N3O5S2/c1-13-17(12-25-18-13)26(21,22)19-14-7-6-10-16(11-14)27(23,24)20(2)15-8-4-3-5-9-15/h3-12,19H,1-2H3. The molecule has 0 bridgehead atoms. The number of benzene rings is 2. The zero-order chi connectivity index (χ0) is 19.7. The van der Waals surface area contributed by atoms with Gasteiger partial charge in [-0.15, -0.1) is 0 Å². The minimum atomic E-state index is -3.95. The fraction of sp³-hybridized carbons (Fsp3) is 0.118. The summed E-state index contributed by atoms with van der Waals surface area (Å²) in [5.74, 6) is 0. The van der Waals surface area contributed by atoms with Crippen LogP contribution in [0.5, 0.6) is 0 Å². The second kappa shape index (κ2) is 7.05. The van der Waals surface area contributed by atoms with Gasteiger partial charge in [-0.05, 0) is 37.3 Å². The number of rotatable bonds is 6. The third kappa shape index (κ3) is 3.81. The Morgan fingerprint density at radius 1 is 1.00 bits per heavy atom. The van der Waals surface area contributed by atoms with Gasteiger partial charge in [0.1, 0.15) is 16.9 Å². The molecule has 0 aliphatic heterocycles.